The van der Waals surface area contributed by atoms with Crippen LogP contribution in [-0.2, 0) is 27.6 Å². The summed E-state index contributed by atoms with van der Waals surface area (Å²) in [6, 6.07) is 34.2. The molecule has 0 unspecified atom stereocenters. The number of ether oxygens (including phenoxy) is 1. The van der Waals surface area contributed by atoms with Crippen molar-refractivity contribution in [1.82, 2.24) is 3.71 Å². The van der Waals surface area contributed by atoms with Crippen LogP contribution in [0.4, 0.5) is 0 Å². The van der Waals surface area contributed by atoms with Crippen LogP contribution in [0.25, 0.3) is 0 Å². The Hall–Kier alpha value is -3.06. The topological polar surface area (TPSA) is 46.6 Å². The zero-order valence-electron chi connectivity index (χ0n) is 18.6. The number of aryl methyl sites for hydroxylation is 1. The molecule has 0 spiro atoms. The molecular formula is C27H26NO3S2+. The lowest BCUT2D eigenvalue weighted by molar-refractivity contribution is 0.414. The largest absolute Gasteiger partial charge is 0.497 e. The van der Waals surface area contributed by atoms with Crippen LogP contribution in [0.2, 0.25) is 0 Å². The smallest absolute Gasteiger partial charge is 0.283 e. The molecular weight excluding hydrogens is 450 g/mol. The summed E-state index contributed by atoms with van der Waals surface area (Å²) in [5, 5.41) is 0. The van der Waals surface area contributed by atoms with Crippen LogP contribution < -0.4 is 4.74 Å². The highest BCUT2D eigenvalue weighted by atomic mass is 32.3. The van der Waals surface area contributed by atoms with Crippen molar-refractivity contribution in [2.24, 2.45) is 0 Å². The number of sulfonamides is 1. The van der Waals surface area contributed by atoms with Gasteiger partial charge in [-0.1, -0.05) is 66.2 Å². The zero-order chi connectivity index (χ0) is 23.3. The Labute approximate surface area is 199 Å². The molecule has 0 saturated heterocycles. The first-order valence-electron chi connectivity index (χ1n) is 10.6. The molecule has 0 fully saturated rings. The molecule has 4 nitrogen and oxygen atoms in total. The van der Waals surface area contributed by atoms with Gasteiger partial charge in [0.05, 0.1) is 18.6 Å². The first kappa shape index (κ1) is 23.1. The van der Waals surface area contributed by atoms with E-state index in [0.29, 0.717) is 0 Å². The number of nitrogens with zero attached hydrogens (tertiary/aromatic N) is 1. The second-order valence-corrected chi connectivity index (χ2v) is 11.6. The highest BCUT2D eigenvalue weighted by molar-refractivity contribution is 8.06. The van der Waals surface area contributed by atoms with E-state index < -0.39 is 21.1 Å². The fourth-order valence-corrected chi connectivity index (χ4v) is 7.87. The first-order chi connectivity index (χ1) is 16.0. The molecule has 33 heavy (non-hydrogen) atoms. The highest BCUT2D eigenvalue weighted by Gasteiger charge is 2.43. The van der Waals surface area contributed by atoms with Crippen LogP contribution in [0.15, 0.2) is 124 Å². The predicted molar refractivity (Wildman–Crippen MR) is 134 cm³/mol. The van der Waals surface area contributed by atoms with Gasteiger partial charge in [-0.3, -0.25) is 0 Å². The number of rotatable bonds is 8. The van der Waals surface area contributed by atoms with E-state index >= 15 is 0 Å². The van der Waals surface area contributed by atoms with Crippen LogP contribution in [0.5, 0.6) is 5.75 Å². The number of hydrogen-bond acceptors (Lipinski definition) is 3. The number of hydrogen-bond donors (Lipinski definition) is 0. The molecule has 0 aliphatic rings. The monoisotopic (exact) mass is 476 g/mol. The third kappa shape index (κ3) is 5.30. The molecule has 0 radical (unpaired) electrons. The van der Waals surface area contributed by atoms with Crippen LogP contribution in [-0.4, -0.2) is 19.2 Å². The molecule has 4 rings (SSSR count). The van der Waals surface area contributed by atoms with E-state index in [0.717, 1.165) is 26.7 Å². The van der Waals surface area contributed by atoms with Crippen molar-refractivity contribution in [2.75, 3.05) is 7.11 Å². The average molecular weight is 477 g/mol. The minimum absolute atomic E-state index is 0.229. The van der Waals surface area contributed by atoms with Crippen molar-refractivity contribution in [3.63, 3.8) is 0 Å². The maximum atomic E-state index is 14.1. The van der Waals surface area contributed by atoms with Crippen molar-refractivity contribution >= 4 is 21.1 Å². The Bertz CT molecular complexity index is 1240. The molecule has 0 N–H and O–H groups in total. The molecule has 168 valence electrons. The van der Waals surface area contributed by atoms with Gasteiger partial charge in [-0.2, -0.15) is 0 Å². The summed E-state index contributed by atoms with van der Waals surface area (Å²) in [5.41, 5.74) is 1.90. The second-order valence-electron chi connectivity index (χ2n) is 7.54. The summed E-state index contributed by atoms with van der Waals surface area (Å²) < 4.78 is 35.0. The Morgan fingerprint density at radius 1 is 0.727 bits per heavy atom. The summed E-state index contributed by atoms with van der Waals surface area (Å²) >= 11 is -0.858. The minimum Gasteiger partial charge on any atom is -0.497 e. The lowest BCUT2D eigenvalue weighted by Gasteiger charge is -2.22. The lowest BCUT2D eigenvalue weighted by atomic mass is 10.2. The fourth-order valence-electron chi connectivity index (χ4n) is 3.43. The van der Waals surface area contributed by atoms with Crippen molar-refractivity contribution in [1.29, 1.82) is 0 Å². The van der Waals surface area contributed by atoms with Gasteiger partial charge in [0, 0.05) is 3.71 Å². The normalized spacial score (nSPS) is 11.6. The Kier molecular flexibility index (Phi) is 7.18. The van der Waals surface area contributed by atoms with Crippen LogP contribution in [0, 0.1) is 6.92 Å². The Balaban J connectivity index is 1.87. The molecule has 0 atom stereocenters. The first-order valence-corrected chi connectivity index (χ1v) is 13.2. The molecule has 0 bridgehead atoms. The summed E-state index contributed by atoms with van der Waals surface area (Å²) in [7, 11) is -2.20. The van der Waals surface area contributed by atoms with Crippen molar-refractivity contribution in [3.05, 3.63) is 120 Å². The van der Waals surface area contributed by atoms with Crippen LogP contribution in [0.3, 0.4) is 0 Å². The lowest BCUT2D eigenvalue weighted by Crippen LogP contribution is -2.36. The van der Waals surface area contributed by atoms with E-state index in [-0.39, 0.29) is 11.4 Å². The minimum atomic E-state index is -3.81. The molecule has 4 aromatic rings. The standard InChI is InChI=1S/C27H26NO3S2/c1-22-13-19-27(20-14-22)33(29,30)28(21-23-15-17-24(31-2)18-16-23)32(25-9-5-3-6-10-25)26-11-7-4-8-12-26/h3-20H,21H2,1-2H3/q+1. The van der Waals surface area contributed by atoms with Gasteiger partial charge in [-0.15, -0.1) is 0 Å². The molecule has 4 aromatic carbocycles. The van der Waals surface area contributed by atoms with E-state index in [4.69, 9.17) is 4.74 Å². The molecule has 0 heterocycles. The van der Waals surface area contributed by atoms with Crippen molar-refractivity contribution in [3.8, 4) is 5.75 Å². The highest BCUT2D eigenvalue weighted by Crippen LogP contribution is 2.34. The third-order valence-electron chi connectivity index (χ3n) is 5.19. The predicted octanol–water partition coefficient (Wildman–Crippen LogP) is 5.85. The second kappa shape index (κ2) is 10.3. The summed E-state index contributed by atoms with van der Waals surface area (Å²) in [6.07, 6.45) is 0. The van der Waals surface area contributed by atoms with Crippen LogP contribution >= 0.6 is 0 Å². The number of benzene rings is 4. The van der Waals surface area contributed by atoms with Gasteiger partial charge >= 0.3 is 0 Å². The van der Waals surface area contributed by atoms with E-state index in [2.05, 4.69) is 0 Å². The van der Waals surface area contributed by atoms with Crippen LogP contribution in [0.1, 0.15) is 11.1 Å². The van der Waals surface area contributed by atoms with Gasteiger partial charge in [-0.05, 0) is 61.0 Å². The molecule has 6 heteroatoms. The maximum absolute atomic E-state index is 14.1. The molecule has 0 aromatic heterocycles. The number of methoxy groups -OCH3 is 1. The Morgan fingerprint density at radius 2 is 1.24 bits per heavy atom. The summed E-state index contributed by atoms with van der Waals surface area (Å²) in [6.45, 7) is 2.18. The molecule has 0 aliphatic carbocycles. The zero-order valence-corrected chi connectivity index (χ0v) is 20.2. The molecule has 0 aliphatic heterocycles. The van der Waals surface area contributed by atoms with Gasteiger partial charge in [0.1, 0.15) is 5.75 Å². The summed E-state index contributed by atoms with van der Waals surface area (Å²) in [4.78, 5) is 2.16. The third-order valence-corrected chi connectivity index (χ3v) is 9.74. The molecule has 0 amide bonds. The van der Waals surface area contributed by atoms with Crippen molar-refractivity contribution < 1.29 is 13.2 Å². The molecule has 0 saturated carbocycles. The fraction of sp³-hybridized carbons (Fsp3) is 0.111. The van der Waals surface area contributed by atoms with Gasteiger partial charge in [0.2, 0.25) is 0 Å². The Morgan fingerprint density at radius 3 is 1.73 bits per heavy atom. The quantitative estimate of drug-likeness (QED) is 0.300. The summed E-state index contributed by atoms with van der Waals surface area (Å²) in [5.74, 6) is 0.733. The van der Waals surface area contributed by atoms with E-state index in [1.807, 2.05) is 104 Å². The van der Waals surface area contributed by atoms with Gasteiger partial charge in [-0.25, -0.2) is 8.42 Å². The van der Waals surface area contributed by atoms with E-state index in [9.17, 15) is 8.42 Å². The maximum Gasteiger partial charge on any atom is 0.283 e. The van der Waals surface area contributed by atoms with Gasteiger partial charge in [0.15, 0.2) is 20.9 Å². The van der Waals surface area contributed by atoms with Gasteiger partial charge < -0.3 is 4.74 Å². The SMILES string of the molecule is COc1ccc(CN([S+](c2ccccc2)c2ccccc2)S(=O)(=O)c2ccc(C)cc2)cc1. The van der Waals surface area contributed by atoms with E-state index in [1.54, 1.807) is 23.0 Å². The van der Waals surface area contributed by atoms with E-state index in [1.165, 1.54) is 0 Å². The van der Waals surface area contributed by atoms with Crippen molar-refractivity contribution in [2.45, 2.75) is 28.2 Å². The van der Waals surface area contributed by atoms with Gasteiger partial charge in [0.25, 0.3) is 10.0 Å². The average Bonchev–Trinajstić information content (AvgIpc) is 2.85.